The predicted molar refractivity (Wildman–Crippen MR) is 132 cm³/mol. The van der Waals surface area contributed by atoms with Crippen molar-refractivity contribution in [1.82, 2.24) is 15.1 Å². The normalized spacial score (nSPS) is 14.5. The molecule has 3 rings (SSSR count). The molecule has 0 spiro atoms. The molecule has 2 aromatic rings. The van der Waals surface area contributed by atoms with Crippen LogP contribution >= 0.6 is 28.1 Å². The first kappa shape index (κ1) is 23.7. The molecule has 0 atom stereocenters. The van der Waals surface area contributed by atoms with Crippen LogP contribution in [0.15, 0.2) is 53.0 Å². The minimum atomic E-state index is -0.238. The average molecular weight is 504 g/mol. The maximum atomic E-state index is 12.9. The number of piperazine rings is 1. The van der Waals surface area contributed by atoms with Gasteiger partial charge >= 0.3 is 0 Å². The molecule has 1 N–H and O–H groups in total. The van der Waals surface area contributed by atoms with Gasteiger partial charge in [-0.2, -0.15) is 0 Å². The van der Waals surface area contributed by atoms with Crippen LogP contribution in [0.4, 0.5) is 0 Å². The van der Waals surface area contributed by atoms with Gasteiger partial charge in [-0.1, -0.05) is 60.1 Å². The van der Waals surface area contributed by atoms with Crippen molar-refractivity contribution in [3.05, 3.63) is 64.1 Å². The third-order valence-electron chi connectivity index (χ3n) is 5.27. The first-order chi connectivity index (χ1) is 14.9. The highest BCUT2D eigenvalue weighted by atomic mass is 79.9. The molecule has 1 saturated heterocycles. The molecular weight excluding hydrogens is 474 g/mol. The number of nitrogens with one attached hydrogen (secondary N) is 1. The number of carbonyl (C=O) groups excluding carboxylic acids is 1. The SMILES string of the molecule is CC(C)CCOc1ccc(Br)cc1C(=O)NC(=S)N1CCN(Cc2ccccc2)CC1. The Morgan fingerprint density at radius 3 is 2.52 bits per heavy atom. The third kappa shape index (κ3) is 7.30. The maximum Gasteiger partial charge on any atom is 0.261 e. The van der Waals surface area contributed by atoms with E-state index in [-0.39, 0.29) is 5.91 Å². The fourth-order valence-corrected chi connectivity index (χ4v) is 4.04. The Labute approximate surface area is 198 Å². The van der Waals surface area contributed by atoms with E-state index in [1.165, 1.54) is 5.56 Å². The number of rotatable bonds is 7. The largest absolute Gasteiger partial charge is 0.493 e. The lowest BCUT2D eigenvalue weighted by Gasteiger charge is -2.36. The molecular formula is C24H30BrN3O2S. The summed E-state index contributed by atoms with van der Waals surface area (Å²) in [6, 6.07) is 16.0. The summed E-state index contributed by atoms with van der Waals surface area (Å²) >= 11 is 8.99. The molecule has 0 saturated carbocycles. The van der Waals surface area contributed by atoms with Crippen molar-refractivity contribution in [2.45, 2.75) is 26.8 Å². The first-order valence-corrected chi connectivity index (χ1v) is 11.9. The van der Waals surface area contributed by atoms with Gasteiger partial charge in [0.2, 0.25) is 0 Å². The van der Waals surface area contributed by atoms with E-state index in [0.717, 1.165) is 43.6 Å². The number of benzene rings is 2. The fourth-order valence-electron chi connectivity index (χ4n) is 3.40. The lowest BCUT2D eigenvalue weighted by atomic mass is 10.1. The number of carbonyl (C=O) groups is 1. The van der Waals surface area contributed by atoms with Crippen LogP contribution in [0.5, 0.6) is 5.75 Å². The second-order valence-corrected chi connectivity index (χ2v) is 9.48. The molecule has 0 radical (unpaired) electrons. The molecule has 0 bridgehead atoms. The van der Waals surface area contributed by atoms with Crippen LogP contribution in [0.25, 0.3) is 0 Å². The Bertz CT molecular complexity index is 884. The number of hydrogen-bond donors (Lipinski definition) is 1. The Morgan fingerprint density at radius 1 is 1.13 bits per heavy atom. The maximum absolute atomic E-state index is 12.9. The lowest BCUT2D eigenvalue weighted by molar-refractivity contribution is 0.0965. The molecule has 2 aromatic carbocycles. The van der Waals surface area contributed by atoms with Crippen molar-refractivity contribution in [2.75, 3.05) is 32.8 Å². The highest BCUT2D eigenvalue weighted by Gasteiger charge is 2.22. The van der Waals surface area contributed by atoms with Crippen LogP contribution in [0.2, 0.25) is 0 Å². The van der Waals surface area contributed by atoms with E-state index in [1.807, 2.05) is 18.2 Å². The van der Waals surface area contributed by atoms with Gasteiger partial charge < -0.3 is 9.64 Å². The second kappa shape index (κ2) is 11.6. The van der Waals surface area contributed by atoms with Gasteiger partial charge in [-0.25, -0.2) is 0 Å². The van der Waals surface area contributed by atoms with Crippen LogP contribution < -0.4 is 10.1 Å². The van der Waals surface area contributed by atoms with Crippen molar-refractivity contribution in [3.8, 4) is 5.75 Å². The highest BCUT2D eigenvalue weighted by Crippen LogP contribution is 2.24. The summed E-state index contributed by atoms with van der Waals surface area (Å²) in [6.07, 6.45) is 0.933. The molecule has 0 aliphatic carbocycles. The number of amides is 1. The van der Waals surface area contributed by atoms with Crippen molar-refractivity contribution in [3.63, 3.8) is 0 Å². The number of nitrogens with zero attached hydrogens (tertiary/aromatic N) is 2. The van der Waals surface area contributed by atoms with Gasteiger partial charge in [-0.3, -0.25) is 15.0 Å². The summed E-state index contributed by atoms with van der Waals surface area (Å²) in [6.45, 7) is 9.21. The predicted octanol–water partition coefficient (Wildman–Crippen LogP) is 4.71. The summed E-state index contributed by atoms with van der Waals surface area (Å²) in [5.41, 5.74) is 1.80. The molecule has 0 aromatic heterocycles. The molecule has 0 unspecified atom stereocenters. The molecule has 1 fully saturated rings. The van der Waals surface area contributed by atoms with Crippen molar-refractivity contribution in [2.24, 2.45) is 5.92 Å². The fraction of sp³-hybridized carbons (Fsp3) is 0.417. The van der Waals surface area contributed by atoms with Gasteiger partial charge in [0.15, 0.2) is 5.11 Å². The quantitative estimate of drug-likeness (QED) is 0.554. The summed E-state index contributed by atoms with van der Waals surface area (Å²) in [5, 5.41) is 3.37. The van der Waals surface area contributed by atoms with Crippen LogP contribution in [-0.2, 0) is 6.54 Å². The van der Waals surface area contributed by atoms with E-state index in [1.54, 1.807) is 6.07 Å². The standard InChI is InChI=1S/C24H30BrN3O2S/c1-18(2)10-15-30-22-9-8-20(25)16-21(22)23(29)26-24(31)28-13-11-27(12-14-28)17-19-6-4-3-5-7-19/h3-9,16,18H,10-15,17H2,1-2H3,(H,26,29,31). The molecule has 1 aliphatic heterocycles. The molecule has 1 aliphatic rings. The van der Waals surface area contributed by atoms with Crippen LogP contribution in [0.1, 0.15) is 36.2 Å². The van der Waals surface area contributed by atoms with E-state index >= 15 is 0 Å². The second-order valence-electron chi connectivity index (χ2n) is 8.18. The molecule has 1 amide bonds. The van der Waals surface area contributed by atoms with Gasteiger partial charge in [0.1, 0.15) is 5.75 Å². The average Bonchev–Trinajstić information content (AvgIpc) is 2.75. The summed E-state index contributed by atoms with van der Waals surface area (Å²) in [7, 11) is 0. The van der Waals surface area contributed by atoms with E-state index in [9.17, 15) is 4.79 Å². The molecule has 7 heteroatoms. The topological polar surface area (TPSA) is 44.8 Å². The minimum absolute atomic E-state index is 0.238. The number of thiocarbonyl (C=S) groups is 1. The van der Waals surface area contributed by atoms with Gasteiger partial charge in [0, 0.05) is 37.2 Å². The zero-order valence-electron chi connectivity index (χ0n) is 18.1. The number of ether oxygens (including phenoxy) is 1. The Balaban J connectivity index is 1.53. The van der Waals surface area contributed by atoms with Crippen LogP contribution in [0, 0.1) is 5.92 Å². The van der Waals surface area contributed by atoms with E-state index in [2.05, 4.69) is 69.2 Å². The van der Waals surface area contributed by atoms with E-state index in [0.29, 0.717) is 29.0 Å². The van der Waals surface area contributed by atoms with Gasteiger partial charge in [0.25, 0.3) is 5.91 Å². The Hall–Kier alpha value is -1.96. The smallest absolute Gasteiger partial charge is 0.261 e. The van der Waals surface area contributed by atoms with Crippen molar-refractivity contribution < 1.29 is 9.53 Å². The third-order valence-corrected chi connectivity index (χ3v) is 6.12. The number of halogens is 1. The lowest BCUT2D eigenvalue weighted by Crippen LogP contribution is -2.52. The summed E-state index contributed by atoms with van der Waals surface area (Å²) < 4.78 is 6.70. The number of hydrogen-bond acceptors (Lipinski definition) is 4. The Kier molecular flexibility index (Phi) is 8.87. The zero-order chi connectivity index (χ0) is 22.2. The van der Waals surface area contributed by atoms with E-state index in [4.69, 9.17) is 17.0 Å². The van der Waals surface area contributed by atoms with Crippen molar-refractivity contribution in [1.29, 1.82) is 0 Å². The molecule has 166 valence electrons. The van der Waals surface area contributed by atoms with Crippen LogP contribution in [0.3, 0.4) is 0 Å². The minimum Gasteiger partial charge on any atom is -0.493 e. The molecule has 5 nitrogen and oxygen atoms in total. The van der Waals surface area contributed by atoms with Crippen molar-refractivity contribution >= 4 is 39.2 Å². The monoisotopic (exact) mass is 503 g/mol. The van der Waals surface area contributed by atoms with Gasteiger partial charge in [0.05, 0.1) is 12.2 Å². The molecule has 1 heterocycles. The summed E-state index contributed by atoms with van der Waals surface area (Å²) in [5.74, 6) is 0.884. The first-order valence-electron chi connectivity index (χ1n) is 10.7. The summed E-state index contributed by atoms with van der Waals surface area (Å²) in [4.78, 5) is 17.4. The Morgan fingerprint density at radius 2 is 1.84 bits per heavy atom. The molecule has 31 heavy (non-hydrogen) atoms. The highest BCUT2D eigenvalue weighted by molar-refractivity contribution is 9.10. The zero-order valence-corrected chi connectivity index (χ0v) is 20.5. The van der Waals surface area contributed by atoms with Gasteiger partial charge in [-0.05, 0) is 48.3 Å². The van der Waals surface area contributed by atoms with Crippen LogP contribution in [-0.4, -0.2) is 53.6 Å². The van der Waals surface area contributed by atoms with Gasteiger partial charge in [-0.15, -0.1) is 0 Å². The van der Waals surface area contributed by atoms with E-state index < -0.39 is 0 Å².